The molecule has 0 bridgehead atoms. The predicted octanol–water partition coefficient (Wildman–Crippen LogP) is 2.80. The number of hydrogen-bond acceptors (Lipinski definition) is 4. The van der Waals surface area contributed by atoms with Gasteiger partial charge in [0.05, 0.1) is 9.54 Å². The number of thiophene rings is 1. The minimum Gasteiger partial charge on any atom is -0.314 e. The van der Waals surface area contributed by atoms with Crippen LogP contribution in [0.25, 0.3) is 0 Å². The fourth-order valence-corrected chi connectivity index (χ4v) is 4.37. The van der Waals surface area contributed by atoms with Crippen LogP contribution >= 0.6 is 27.3 Å². The normalized spacial score (nSPS) is 15.9. The highest BCUT2D eigenvalue weighted by Crippen LogP contribution is 2.22. The molecule has 1 fully saturated rings. The molecule has 0 radical (unpaired) electrons. The quantitative estimate of drug-likeness (QED) is 0.670. The third kappa shape index (κ3) is 5.44. The van der Waals surface area contributed by atoms with Crippen LogP contribution in [0.15, 0.2) is 15.2 Å². The van der Waals surface area contributed by atoms with Crippen molar-refractivity contribution >= 4 is 37.3 Å². The molecular formula is C13H21BrN2O2S2. The molecule has 0 atom stereocenters. The van der Waals surface area contributed by atoms with E-state index >= 15 is 0 Å². The maximum absolute atomic E-state index is 12.1. The summed E-state index contributed by atoms with van der Waals surface area (Å²) in [6.45, 7) is 1.38. The summed E-state index contributed by atoms with van der Waals surface area (Å²) in [5.74, 6) is 0.237. The molecule has 1 aliphatic carbocycles. The molecule has 1 aromatic heterocycles. The number of hydrogen-bond donors (Lipinski definition) is 1. The lowest BCUT2D eigenvalue weighted by atomic mass is 10.3. The summed E-state index contributed by atoms with van der Waals surface area (Å²) < 4.78 is 26.8. The highest BCUT2D eigenvalue weighted by molar-refractivity contribution is 9.11. The molecule has 114 valence electrons. The van der Waals surface area contributed by atoms with Gasteiger partial charge in [0.15, 0.2) is 0 Å². The number of sulfonamides is 1. The number of nitrogens with one attached hydrogen (secondary N) is 1. The fraction of sp³-hybridized carbons (Fsp3) is 0.692. The second kappa shape index (κ2) is 7.35. The van der Waals surface area contributed by atoms with E-state index in [0.717, 1.165) is 28.7 Å². The Hall–Kier alpha value is 0.0500. The average molecular weight is 381 g/mol. The molecule has 0 aromatic carbocycles. The monoisotopic (exact) mass is 380 g/mol. The Balaban J connectivity index is 1.70. The van der Waals surface area contributed by atoms with Crippen LogP contribution < -0.4 is 5.32 Å². The fourth-order valence-electron chi connectivity index (χ4n) is 1.94. The van der Waals surface area contributed by atoms with Crippen molar-refractivity contribution in [3.8, 4) is 0 Å². The molecule has 20 heavy (non-hydrogen) atoms. The SMILES string of the molecule is CN(Cc1csc(Br)c1)S(=O)(=O)CCCCNC1CC1. The number of nitrogens with zero attached hydrogens (tertiary/aromatic N) is 1. The molecule has 1 aromatic rings. The molecular weight excluding hydrogens is 360 g/mol. The van der Waals surface area contributed by atoms with Crippen LogP contribution in [0.4, 0.5) is 0 Å². The Morgan fingerprint density at radius 3 is 2.80 bits per heavy atom. The predicted molar refractivity (Wildman–Crippen MR) is 87.5 cm³/mol. The lowest BCUT2D eigenvalue weighted by molar-refractivity contribution is 0.464. The molecule has 0 aliphatic heterocycles. The summed E-state index contributed by atoms with van der Waals surface area (Å²) in [5.41, 5.74) is 1.03. The van der Waals surface area contributed by atoms with Gasteiger partial charge in [-0.05, 0) is 65.2 Å². The second-order valence-corrected chi connectivity index (χ2v) is 9.75. The maximum Gasteiger partial charge on any atom is 0.214 e. The van der Waals surface area contributed by atoms with E-state index in [-0.39, 0.29) is 5.75 Å². The molecule has 0 amide bonds. The minimum absolute atomic E-state index is 0.237. The Morgan fingerprint density at radius 2 is 2.20 bits per heavy atom. The van der Waals surface area contributed by atoms with E-state index < -0.39 is 10.0 Å². The van der Waals surface area contributed by atoms with Crippen molar-refractivity contribution in [1.29, 1.82) is 0 Å². The van der Waals surface area contributed by atoms with Crippen LogP contribution in [0, 0.1) is 0 Å². The number of rotatable bonds is 9. The first-order valence-electron chi connectivity index (χ1n) is 6.88. The van der Waals surface area contributed by atoms with Crippen LogP contribution in [0.1, 0.15) is 31.2 Å². The Bertz CT molecular complexity index is 526. The minimum atomic E-state index is -3.14. The summed E-state index contributed by atoms with van der Waals surface area (Å²) in [6, 6.07) is 2.67. The van der Waals surface area contributed by atoms with Gasteiger partial charge >= 0.3 is 0 Å². The molecule has 0 unspecified atom stereocenters. The lowest BCUT2D eigenvalue weighted by Gasteiger charge is -2.16. The van der Waals surface area contributed by atoms with Crippen molar-refractivity contribution in [2.45, 2.75) is 38.3 Å². The number of unbranched alkanes of at least 4 members (excludes halogenated alkanes) is 1. The molecule has 2 rings (SSSR count). The van der Waals surface area contributed by atoms with Crippen LogP contribution in [0.2, 0.25) is 0 Å². The topological polar surface area (TPSA) is 49.4 Å². The third-order valence-corrected chi connectivity index (χ3v) is 6.78. The standard InChI is InChI=1S/C13H21BrN2O2S2/c1-16(9-11-8-13(14)19-10-11)20(17,18)7-3-2-6-15-12-4-5-12/h8,10,12,15H,2-7,9H2,1H3. The Labute approximate surface area is 133 Å². The van der Waals surface area contributed by atoms with Gasteiger partial charge in [-0.3, -0.25) is 0 Å². The smallest absolute Gasteiger partial charge is 0.214 e. The molecule has 0 saturated heterocycles. The van der Waals surface area contributed by atoms with E-state index in [9.17, 15) is 8.42 Å². The van der Waals surface area contributed by atoms with E-state index in [2.05, 4.69) is 21.2 Å². The Kier molecular flexibility index (Phi) is 6.04. The zero-order valence-corrected chi connectivity index (χ0v) is 14.9. The highest BCUT2D eigenvalue weighted by Gasteiger charge is 2.20. The van der Waals surface area contributed by atoms with Crippen LogP contribution in [-0.2, 0) is 16.6 Å². The van der Waals surface area contributed by atoms with Crippen molar-refractivity contribution in [2.75, 3.05) is 19.3 Å². The molecule has 1 saturated carbocycles. The van der Waals surface area contributed by atoms with Crippen molar-refractivity contribution in [1.82, 2.24) is 9.62 Å². The van der Waals surface area contributed by atoms with Gasteiger partial charge in [0.1, 0.15) is 0 Å². The lowest BCUT2D eigenvalue weighted by Crippen LogP contribution is -2.29. The van der Waals surface area contributed by atoms with Gasteiger partial charge in [0.25, 0.3) is 0 Å². The van der Waals surface area contributed by atoms with Crippen LogP contribution in [-0.4, -0.2) is 38.1 Å². The van der Waals surface area contributed by atoms with Gasteiger partial charge in [-0.2, -0.15) is 0 Å². The van der Waals surface area contributed by atoms with E-state index in [1.165, 1.54) is 17.1 Å². The van der Waals surface area contributed by atoms with Crippen LogP contribution in [0.5, 0.6) is 0 Å². The van der Waals surface area contributed by atoms with Gasteiger partial charge in [0.2, 0.25) is 10.0 Å². The highest BCUT2D eigenvalue weighted by atomic mass is 79.9. The molecule has 1 N–H and O–H groups in total. The van der Waals surface area contributed by atoms with Gasteiger partial charge in [-0.1, -0.05) is 0 Å². The molecule has 4 nitrogen and oxygen atoms in total. The second-order valence-electron chi connectivity index (χ2n) is 5.27. The van der Waals surface area contributed by atoms with Gasteiger partial charge < -0.3 is 5.32 Å². The average Bonchev–Trinajstić information content (AvgIpc) is 3.11. The van der Waals surface area contributed by atoms with E-state index in [4.69, 9.17) is 0 Å². The number of halogens is 1. The van der Waals surface area contributed by atoms with Gasteiger partial charge in [-0.25, -0.2) is 12.7 Å². The van der Waals surface area contributed by atoms with Gasteiger partial charge in [0, 0.05) is 19.6 Å². The van der Waals surface area contributed by atoms with Crippen molar-refractivity contribution in [3.05, 3.63) is 20.8 Å². The molecule has 1 heterocycles. The Morgan fingerprint density at radius 1 is 1.45 bits per heavy atom. The molecule has 7 heteroatoms. The van der Waals surface area contributed by atoms with Crippen molar-refractivity contribution in [2.24, 2.45) is 0 Å². The summed E-state index contributed by atoms with van der Waals surface area (Å²) in [4.78, 5) is 0. The maximum atomic E-state index is 12.1. The third-order valence-electron chi connectivity index (χ3n) is 3.34. The summed E-state index contributed by atoms with van der Waals surface area (Å²) in [5, 5.41) is 5.38. The van der Waals surface area contributed by atoms with Gasteiger partial charge in [-0.15, -0.1) is 11.3 Å². The largest absolute Gasteiger partial charge is 0.314 e. The zero-order chi connectivity index (χ0) is 14.6. The van der Waals surface area contributed by atoms with E-state index in [0.29, 0.717) is 12.6 Å². The molecule has 0 spiro atoms. The first-order valence-corrected chi connectivity index (χ1v) is 10.2. The molecule has 1 aliphatic rings. The van der Waals surface area contributed by atoms with Crippen molar-refractivity contribution in [3.63, 3.8) is 0 Å². The van der Waals surface area contributed by atoms with E-state index in [1.54, 1.807) is 18.4 Å². The van der Waals surface area contributed by atoms with Crippen molar-refractivity contribution < 1.29 is 8.42 Å². The first kappa shape index (κ1) is 16.4. The first-order chi connectivity index (χ1) is 9.47. The summed E-state index contributed by atoms with van der Waals surface area (Å²) >= 11 is 4.97. The van der Waals surface area contributed by atoms with Crippen LogP contribution in [0.3, 0.4) is 0 Å². The summed E-state index contributed by atoms with van der Waals surface area (Å²) in [6.07, 6.45) is 4.20. The zero-order valence-electron chi connectivity index (χ0n) is 11.6. The van der Waals surface area contributed by atoms with E-state index in [1.807, 2.05) is 11.4 Å². The summed E-state index contributed by atoms with van der Waals surface area (Å²) in [7, 11) is -1.48.